The quantitative estimate of drug-likeness (QED) is 0.557. The fourth-order valence-corrected chi connectivity index (χ4v) is 0.860. The fourth-order valence-electron chi connectivity index (χ4n) is 0.860. The summed E-state index contributed by atoms with van der Waals surface area (Å²) in [6, 6.07) is 1.42. The highest BCUT2D eigenvalue weighted by atomic mass is 19.1. The first-order valence-corrected chi connectivity index (χ1v) is 3.75. The molecule has 0 unspecified atom stereocenters. The molecular formula is C9H9FN2O. The van der Waals surface area contributed by atoms with E-state index < -0.39 is 5.95 Å². The van der Waals surface area contributed by atoms with Crippen LogP contribution in [0.4, 0.5) is 4.39 Å². The highest BCUT2D eigenvalue weighted by molar-refractivity contribution is 5.75. The van der Waals surface area contributed by atoms with Gasteiger partial charge in [0.15, 0.2) is 6.29 Å². The van der Waals surface area contributed by atoms with Crippen LogP contribution in [-0.4, -0.2) is 17.8 Å². The van der Waals surface area contributed by atoms with Crippen molar-refractivity contribution in [2.24, 2.45) is 5.73 Å². The Kier molecular flexibility index (Phi) is 3.28. The first-order chi connectivity index (χ1) is 6.27. The Labute approximate surface area is 75.1 Å². The van der Waals surface area contributed by atoms with Crippen LogP contribution in [0, 0.1) is 5.95 Å². The van der Waals surface area contributed by atoms with Crippen molar-refractivity contribution < 1.29 is 9.18 Å². The van der Waals surface area contributed by atoms with Gasteiger partial charge in [-0.1, -0.05) is 12.2 Å². The Hall–Kier alpha value is -1.55. The van der Waals surface area contributed by atoms with Gasteiger partial charge in [0.05, 0.1) is 5.56 Å². The summed E-state index contributed by atoms with van der Waals surface area (Å²) in [6.45, 7) is 0.397. The maximum atomic E-state index is 12.7. The van der Waals surface area contributed by atoms with Crippen LogP contribution in [0.15, 0.2) is 18.3 Å². The fraction of sp³-hybridized carbons (Fsp3) is 0.111. The van der Waals surface area contributed by atoms with E-state index in [1.54, 1.807) is 12.2 Å². The molecule has 0 aromatic carbocycles. The number of aromatic nitrogens is 1. The molecule has 1 aromatic heterocycles. The molecule has 1 aromatic rings. The Morgan fingerprint density at radius 1 is 1.62 bits per heavy atom. The monoisotopic (exact) mass is 180 g/mol. The third-order valence-corrected chi connectivity index (χ3v) is 1.46. The van der Waals surface area contributed by atoms with E-state index in [0.717, 1.165) is 0 Å². The average Bonchev–Trinajstić information content (AvgIpc) is 2.16. The zero-order valence-corrected chi connectivity index (χ0v) is 6.90. The van der Waals surface area contributed by atoms with Crippen LogP contribution >= 0.6 is 0 Å². The largest absolute Gasteiger partial charge is 0.327 e. The summed E-state index contributed by atoms with van der Waals surface area (Å²) in [5, 5.41) is 0. The molecule has 0 spiro atoms. The van der Waals surface area contributed by atoms with Crippen LogP contribution in [-0.2, 0) is 0 Å². The van der Waals surface area contributed by atoms with Gasteiger partial charge < -0.3 is 5.73 Å². The van der Waals surface area contributed by atoms with E-state index in [1.165, 1.54) is 12.3 Å². The van der Waals surface area contributed by atoms with E-state index >= 15 is 0 Å². The van der Waals surface area contributed by atoms with Gasteiger partial charge in [0.1, 0.15) is 0 Å². The molecule has 0 aliphatic rings. The maximum Gasteiger partial charge on any atom is 0.223 e. The Morgan fingerprint density at radius 2 is 2.38 bits per heavy atom. The number of hydrogen-bond acceptors (Lipinski definition) is 3. The molecule has 0 saturated heterocycles. The van der Waals surface area contributed by atoms with Crippen LogP contribution < -0.4 is 5.73 Å². The van der Waals surface area contributed by atoms with Crippen LogP contribution in [0.5, 0.6) is 0 Å². The van der Waals surface area contributed by atoms with E-state index in [9.17, 15) is 9.18 Å². The molecule has 68 valence electrons. The zero-order valence-electron chi connectivity index (χ0n) is 6.90. The molecule has 0 amide bonds. The van der Waals surface area contributed by atoms with Gasteiger partial charge in [0.25, 0.3) is 0 Å². The molecule has 2 N–H and O–H groups in total. The molecule has 1 heterocycles. The van der Waals surface area contributed by atoms with Gasteiger partial charge in [-0.3, -0.25) is 4.79 Å². The number of pyridine rings is 1. The molecule has 0 saturated carbocycles. The van der Waals surface area contributed by atoms with Crippen molar-refractivity contribution in [1.29, 1.82) is 0 Å². The minimum Gasteiger partial charge on any atom is -0.327 e. The highest BCUT2D eigenvalue weighted by Crippen LogP contribution is 2.06. The molecule has 0 bridgehead atoms. The summed E-state index contributed by atoms with van der Waals surface area (Å²) in [6.07, 6.45) is 5.15. The van der Waals surface area contributed by atoms with E-state index in [0.29, 0.717) is 18.4 Å². The summed E-state index contributed by atoms with van der Waals surface area (Å²) in [5.74, 6) is -0.750. The lowest BCUT2D eigenvalue weighted by Gasteiger charge is -1.95. The predicted octanol–water partition coefficient (Wildman–Crippen LogP) is 1.01. The highest BCUT2D eigenvalue weighted by Gasteiger charge is 2.01. The third kappa shape index (κ3) is 2.45. The molecule has 4 heteroatoms. The van der Waals surface area contributed by atoms with Gasteiger partial charge >= 0.3 is 0 Å². The maximum absolute atomic E-state index is 12.7. The first-order valence-electron chi connectivity index (χ1n) is 3.75. The van der Waals surface area contributed by atoms with Crippen molar-refractivity contribution >= 4 is 12.4 Å². The molecule has 0 aliphatic heterocycles. The lowest BCUT2D eigenvalue weighted by Crippen LogP contribution is -1.94. The second kappa shape index (κ2) is 4.47. The third-order valence-electron chi connectivity index (χ3n) is 1.46. The molecule has 13 heavy (non-hydrogen) atoms. The summed E-state index contributed by atoms with van der Waals surface area (Å²) in [7, 11) is 0. The standard InChI is InChI=1S/C9H9FN2O/c10-9-8(6-13)4-7(5-12-9)2-1-3-11/h1-2,4-6H,3,11H2. The average molecular weight is 180 g/mol. The molecule has 0 fully saturated rings. The van der Waals surface area contributed by atoms with Gasteiger partial charge in [0.2, 0.25) is 5.95 Å². The normalized spacial score (nSPS) is 10.6. The van der Waals surface area contributed by atoms with Crippen molar-refractivity contribution in [1.82, 2.24) is 4.98 Å². The number of rotatable bonds is 3. The molecular weight excluding hydrogens is 171 g/mol. The summed E-state index contributed by atoms with van der Waals surface area (Å²) in [4.78, 5) is 13.7. The number of hydrogen-bond donors (Lipinski definition) is 1. The van der Waals surface area contributed by atoms with Gasteiger partial charge in [0, 0.05) is 12.7 Å². The number of nitrogens with zero attached hydrogens (tertiary/aromatic N) is 1. The van der Waals surface area contributed by atoms with Gasteiger partial charge in [-0.2, -0.15) is 4.39 Å². The van der Waals surface area contributed by atoms with E-state index in [1.807, 2.05) is 0 Å². The minimum absolute atomic E-state index is 0.0424. The SMILES string of the molecule is NCC=Cc1cnc(F)c(C=O)c1. The lowest BCUT2D eigenvalue weighted by molar-refractivity contribution is 0.111. The smallest absolute Gasteiger partial charge is 0.223 e. The van der Waals surface area contributed by atoms with E-state index in [4.69, 9.17) is 5.73 Å². The van der Waals surface area contributed by atoms with Crippen molar-refractivity contribution in [3.8, 4) is 0 Å². The number of carbonyl (C=O) groups is 1. The second-order valence-corrected chi connectivity index (χ2v) is 2.40. The number of carbonyl (C=O) groups excluding carboxylic acids is 1. The van der Waals surface area contributed by atoms with E-state index in [-0.39, 0.29) is 5.56 Å². The number of halogens is 1. The lowest BCUT2D eigenvalue weighted by atomic mass is 10.2. The minimum atomic E-state index is -0.750. The van der Waals surface area contributed by atoms with Gasteiger partial charge in [-0.25, -0.2) is 4.98 Å². The van der Waals surface area contributed by atoms with Crippen LogP contribution in [0.25, 0.3) is 6.08 Å². The number of aldehydes is 1. The van der Waals surface area contributed by atoms with Crippen molar-refractivity contribution in [3.63, 3.8) is 0 Å². The first kappa shape index (κ1) is 9.54. The van der Waals surface area contributed by atoms with Crippen molar-refractivity contribution in [2.45, 2.75) is 0 Å². The summed E-state index contributed by atoms with van der Waals surface area (Å²) < 4.78 is 12.7. The Bertz CT molecular complexity index is 336. The summed E-state index contributed by atoms with van der Waals surface area (Å²) in [5.41, 5.74) is 5.84. The Morgan fingerprint density at radius 3 is 3.00 bits per heavy atom. The van der Waals surface area contributed by atoms with Gasteiger partial charge in [-0.05, 0) is 11.6 Å². The van der Waals surface area contributed by atoms with Crippen LogP contribution in [0.3, 0.4) is 0 Å². The van der Waals surface area contributed by atoms with Gasteiger partial charge in [-0.15, -0.1) is 0 Å². The summed E-state index contributed by atoms with van der Waals surface area (Å²) >= 11 is 0. The van der Waals surface area contributed by atoms with Crippen LogP contribution in [0.2, 0.25) is 0 Å². The van der Waals surface area contributed by atoms with Crippen molar-refractivity contribution in [3.05, 3.63) is 35.4 Å². The van der Waals surface area contributed by atoms with E-state index in [2.05, 4.69) is 4.98 Å². The molecule has 0 atom stereocenters. The molecule has 1 rings (SSSR count). The number of nitrogens with two attached hydrogens (primary N) is 1. The van der Waals surface area contributed by atoms with Crippen molar-refractivity contribution in [2.75, 3.05) is 6.54 Å². The topological polar surface area (TPSA) is 56.0 Å². The Balaban J connectivity index is 2.99. The molecule has 0 aliphatic carbocycles. The van der Waals surface area contributed by atoms with Crippen LogP contribution in [0.1, 0.15) is 15.9 Å². The molecule has 3 nitrogen and oxygen atoms in total. The second-order valence-electron chi connectivity index (χ2n) is 2.40. The zero-order chi connectivity index (χ0) is 9.68. The molecule has 0 radical (unpaired) electrons. The predicted molar refractivity (Wildman–Crippen MR) is 47.7 cm³/mol.